The Labute approximate surface area is 200 Å². The van der Waals surface area contributed by atoms with E-state index in [0.29, 0.717) is 34.3 Å². The molecular weight excluding hydrogens is 430 g/mol. The Morgan fingerprint density at radius 3 is 2.50 bits per heavy atom. The summed E-state index contributed by atoms with van der Waals surface area (Å²) in [5, 5.41) is 6.13. The predicted octanol–water partition coefficient (Wildman–Crippen LogP) is 4.90. The molecule has 8 heteroatoms. The van der Waals surface area contributed by atoms with Gasteiger partial charge in [-0.15, -0.1) is 0 Å². The van der Waals surface area contributed by atoms with Crippen molar-refractivity contribution in [3.8, 4) is 11.5 Å². The number of hydrogen-bond donors (Lipinski definition) is 3. The average Bonchev–Trinajstić information content (AvgIpc) is 2.84. The molecule has 8 nitrogen and oxygen atoms in total. The van der Waals surface area contributed by atoms with Crippen LogP contribution in [0.15, 0.2) is 42.9 Å². The smallest absolute Gasteiger partial charge is 0.248 e. The summed E-state index contributed by atoms with van der Waals surface area (Å²) in [5.41, 5.74) is 12.0. The van der Waals surface area contributed by atoms with Crippen LogP contribution in [-0.4, -0.2) is 30.1 Å². The number of hydrogen-bond acceptors (Lipinski definition) is 7. The van der Waals surface area contributed by atoms with Crippen LogP contribution in [0.25, 0.3) is 6.08 Å². The van der Waals surface area contributed by atoms with Crippen LogP contribution < -0.4 is 25.8 Å². The number of methoxy groups -OCH3 is 2. The summed E-state index contributed by atoms with van der Waals surface area (Å²) in [4.78, 5) is 21.0. The second-order valence-electron chi connectivity index (χ2n) is 7.72. The molecule has 3 rings (SSSR count). The highest BCUT2D eigenvalue weighted by atomic mass is 16.5. The number of nitrogens with one attached hydrogen (secondary N) is 2. The molecule has 0 aliphatic carbocycles. The molecular formula is C26H31N5O3. The van der Waals surface area contributed by atoms with Crippen molar-refractivity contribution in [2.24, 2.45) is 0 Å². The van der Waals surface area contributed by atoms with E-state index in [0.717, 1.165) is 24.1 Å². The summed E-state index contributed by atoms with van der Waals surface area (Å²) >= 11 is 0. The van der Waals surface area contributed by atoms with Gasteiger partial charge in [0, 0.05) is 29.6 Å². The van der Waals surface area contributed by atoms with E-state index >= 15 is 0 Å². The van der Waals surface area contributed by atoms with Crippen LogP contribution in [0.2, 0.25) is 0 Å². The topological polar surface area (TPSA) is 111 Å². The number of nitrogen functional groups attached to an aromatic ring is 1. The summed E-state index contributed by atoms with van der Waals surface area (Å²) in [6.07, 6.45) is 7.92. The van der Waals surface area contributed by atoms with Gasteiger partial charge in [-0.2, -0.15) is 0 Å². The lowest BCUT2D eigenvalue weighted by Gasteiger charge is -2.14. The Morgan fingerprint density at radius 2 is 1.82 bits per heavy atom. The quantitative estimate of drug-likeness (QED) is 0.307. The lowest BCUT2D eigenvalue weighted by molar-refractivity contribution is -0.111. The lowest BCUT2D eigenvalue weighted by Crippen LogP contribution is -2.11. The maximum Gasteiger partial charge on any atom is 0.248 e. The predicted molar refractivity (Wildman–Crippen MR) is 137 cm³/mol. The van der Waals surface area contributed by atoms with Gasteiger partial charge >= 0.3 is 0 Å². The summed E-state index contributed by atoms with van der Waals surface area (Å²) in [6.45, 7) is 6.10. The molecule has 0 unspecified atom stereocenters. The van der Waals surface area contributed by atoms with E-state index in [1.54, 1.807) is 26.5 Å². The molecule has 0 fully saturated rings. The highest BCUT2D eigenvalue weighted by Crippen LogP contribution is 2.35. The number of nitrogens with two attached hydrogens (primary N) is 1. The Kier molecular flexibility index (Phi) is 8.08. The number of benzene rings is 2. The van der Waals surface area contributed by atoms with Crippen molar-refractivity contribution in [2.75, 3.05) is 30.6 Å². The number of ether oxygens (including phenoxy) is 2. The standard InChI is InChI=1S/C26H31N5O3/c1-6-17-11-21(27)22(12-18(17)7-2)31-24(32)9-8-19-14-28-15-29-26(19)30-20-10-16(3)25(34-5)23(13-20)33-4/h8-15H,6-7,27H2,1-5H3,(H,31,32)(H,28,29,30)/b9-8+. The minimum absolute atomic E-state index is 0.297. The number of aryl methyl sites for hydroxylation is 3. The number of amides is 1. The molecule has 1 amide bonds. The van der Waals surface area contributed by atoms with E-state index in [1.165, 1.54) is 23.5 Å². The van der Waals surface area contributed by atoms with Gasteiger partial charge in [-0.25, -0.2) is 9.97 Å². The molecule has 0 saturated heterocycles. The van der Waals surface area contributed by atoms with Gasteiger partial charge in [0.1, 0.15) is 12.1 Å². The molecule has 1 aromatic heterocycles. The van der Waals surface area contributed by atoms with Crippen LogP contribution in [-0.2, 0) is 17.6 Å². The summed E-state index contributed by atoms with van der Waals surface area (Å²) in [6, 6.07) is 7.62. The number of carbonyl (C=O) groups is 1. The summed E-state index contributed by atoms with van der Waals surface area (Å²) < 4.78 is 10.8. The minimum Gasteiger partial charge on any atom is -0.493 e. The first-order valence-electron chi connectivity index (χ1n) is 11.1. The molecule has 0 bridgehead atoms. The number of carbonyl (C=O) groups excluding carboxylic acids is 1. The molecule has 0 spiro atoms. The van der Waals surface area contributed by atoms with Crippen molar-refractivity contribution in [3.63, 3.8) is 0 Å². The van der Waals surface area contributed by atoms with Crippen molar-refractivity contribution < 1.29 is 14.3 Å². The Balaban J connectivity index is 1.80. The van der Waals surface area contributed by atoms with Gasteiger partial charge in [-0.1, -0.05) is 13.8 Å². The molecule has 2 aromatic carbocycles. The third-order valence-electron chi connectivity index (χ3n) is 5.47. The largest absolute Gasteiger partial charge is 0.493 e. The lowest BCUT2D eigenvalue weighted by atomic mass is 10.0. The highest BCUT2D eigenvalue weighted by molar-refractivity contribution is 6.04. The van der Waals surface area contributed by atoms with E-state index in [9.17, 15) is 4.79 Å². The van der Waals surface area contributed by atoms with Gasteiger partial charge < -0.3 is 25.8 Å². The van der Waals surface area contributed by atoms with Crippen molar-refractivity contribution in [2.45, 2.75) is 33.6 Å². The second-order valence-corrected chi connectivity index (χ2v) is 7.72. The molecule has 0 saturated carbocycles. The normalized spacial score (nSPS) is 10.9. The highest BCUT2D eigenvalue weighted by Gasteiger charge is 2.12. The van der Waals surface area contributed by atoms with E-state index < -0.39 is 0 Å². The molecule has 178 valence electrons. The fourth-order valence-corrected chi connectivity index (χ4v) is 3.75. The first-order valence-corrected chi connectivity index (χ1v) is 11.1. The zero-order valence-corrected chi connectivity index (χ0v) is 20.2. The van der Waals surface area contributed by atoms with Crippen molar-refractivity contribution in [3.05, 3.63) is 65.1 Å². The first-order chi connectivity index (χ1) is 16.4. The number of nitrogens with zero attached hydrogens (tertiary/aromatic N) is 2. The van der Waals surface area contributed by atoms with Crippen LogP contribution in [0.5, 0.6) is 11.5 Å². The second kappa shape index (κ2) is 11.2. The van der Waals surface area contributed by atoms with Crippen molar-refractivity contribution >= 4 is 34.9 Å². The van der Waals surface area contributed by atoms with Gasteiger partial charge in [-0.3, -0.25) is 4.79 Å². The average molecular weight is 462 g/mol. The minimum atomic E-state index is -0.297. The molecule has 1 heterocycles. The molecule has 0 atom stereocenters. The SMILES string of the molecule is CCc1cc(N)c(NC(=O)/C=C/c2cncnc2Nc2cc(C)c(OC)c(OC)c2)cc1CC. The summed E-state index contributed by atoms with van der Waals surface area (Å²) in [5.74, 6) is 1.53. The Bertz CT molecular complexity index is 1210. The molecule has 0 aliphatic heterocycles. The zero-order valence-electron chi connectivity index (χ0n) is 20.2. The Morgan fingerprint density at radius 1 is 1.09 bits per heavy atom. The van der Waals surface area contributed by atoms with Crippen LogP contribution in [0, 0.1) is 6.92 Å². The third-order valence-corrected chi connectivity index (χ3v) is 5.47. The molecule has 0 aliphatic rings. The third kappa shape index (κ3) is 5.64. The zero-order chi connectivity index (χ0) is 24.7. The van der Waals surface area contributed by atoms with Crippen molar-refractivity contribution in [1.82, 2.24) is 9.97 Å². The van der Waals surface area contributed by atoms with Crippen LogP contribution in [0.3, 0.4) is 0 Å². The van der Waals surface area contributed by atoms with E-state index in [2.05, 4.69) is 34.4 Å². The Hall–Kier alpha value is -4.07. The number of rotatable bonds is 9. The molecule has 4 N–H and O–H groups in total. The van der Waals surface area contributed by atoms with Crippen molar-refractivity contribution in [1.29, 1.82) is 0 Å². The monoisotopic (exact) mass is 461 g/mol. The van der Waals surface area contributed by atoms with Gasteiger partial charge in [-0.05, 0) is 60.7 Å². The van der Waals surface area contributed by atoms with Crippen LogP contribution in [0.1, 0.15) is 36.1 Å². The molecule has 34 heavy (non-hydrogen) atoms. The van der Waals surface area contributed by atoms with Gasteiger partial charge in [0.05, 0.1) is 25.6 Å². The number of aromatic nitrogens is 2. The molecule has 0 radical (unpaired) electrons. The maximum absolute atomic E-state index is 12.6. The van der Waals surface area contributed by atoms with Gasteiger partial charge in [0.15, 0.2) is 11.5 Å². The van der Waals surface area contributed by atoms with Crippen LogP contribution in [0.4, 0.5) is 22.9 Å². The number of anilines is 4. The summed E-state index contributed by atoms with van der Waals surface area (Å²) in [7, 11) is 3.19. The fraction of sp³-hybridized carbons (Fsp3) is 0.269. The van der Waals surface area contributed by atoms with E-state index in [4.69, 9.17) is 15.2 Å². The van der Waals surface area contributed by atoms with Crippen LogP contribution >= 0.6 is 0 Å². The maximum atomic E-state index is 12.6. The van der Waals surface area contributed by atoms with E-state index in [-0.39, 0.29) is 5.91 Å². The van der Waals surface area contributed by atoms with E-state index in [1.807, 2.05) is 31.2 Å². The van der Waals surface area contributed by atoms with Gasteiger partial charge in [0.2, 0.25) is 5.91 Å². The van der Waals surface area contributed by atoms with Gasteiger partial charge in [0.25, 0.3) is 0 Å². The first kappa shape index (κ1) is 24.6. The molecule has 3 aromatic rings. The fourth-order valence-electron chi connectivity index (χ4n) is 3.75.